The lowest BCUT2D eigenvalue weighted by Gasteiger charge is -2.20. The number of hydrogen-bond acceptors (Lipinski definition) is 1. The molecule has 1 unspecified atom stereocenters. The van der Waals surface area contributed by atoms with E-state index in [2.05, 4.69) is 48.1 Å². The second-order valence-electron chi connectivity index (χ2n) is 4.75. The van der Waals surface area contributed by atoms with Gasteiger partial charge in [-0.2, -0.15) is 0 Å². The number of halogens is 2. The van der Waals surface area contributed by atoms with Gasteiger partial charge < -0.3 is 5.32 Å². The van der Waals surface area contributed by atoms with Gasteiger partial charge in [-0.25, -0.2) is 0 Å². The Morgan fingerprint density at radius 2 is 2.00 bits per heavy atom. The molecule has 1 aromatic rings. The van der Waals surface area contributed by atoms with Crippen molar-refractivity contribution < 1.29 is 0 Å². The number of hydrogen-bond donors (Lipinski definition) is 1. The minimum absolute atomic E-state index is 0.354. The average Bonchev–Trinajstić information content (AvgIpc) is 2.27. The van der Waals surface area contributed by atoms with Gasteiger partial charge in [-0.3, -0.25) is 0 Å². The molecular formula is C14H21BrClN. The molecule has 1 rings (SSSR count). The Morgan fingerprint density at radius 3 is 2.59 bits per heavy atom. The van der Waals surface area contributed by atoms with Crippen molar-refractivity contribution in [2.24, 2.45) is 5.92 Å². The van der Waals surface area contributed by atoms with Crippen molar-refractivity contribution in [2.75, 3.05) is 6.54 Å². The summed E-state index contributed by atoms with van der Waals surface area (Å²) in [5.41, 5.74) is 1.20. The van der Waals surface area contributed by atoms with Crippen LogP contribution >= 0.6 is 27.5 Å². The zero-order valence-corrected chi connectivity index (χ0v) is 13.1. The summed E-state index contributed by atoms with van der Waals surface area (Å²) in [4.78, 5) is 0. The maximum atomic E-state index is 6.28. The Morgan fingerprint density at radius 1 is 1.29 bits per heavy atom. The highest BCUT2D eigenvalue weighted by atomic mass is 79.9. The molecule has 3 heteroatoms. The highest BCUT2D eigenvalue weighted by Crippen LogP contribution is 2.30. The van der Waals surface area contributed by atoms with Gasteiger partial charge in [0.25, 0.3) is 0 Å². The summed E-state index contributed by atoms with van der Waals surface area (Å²) in [6, 6.07) is 6.42. The van der Waals surface area contributed by atoms with Crippen LogP contribution in [0.25, 0.3) is 0 Å². The Labute approximate surface area is 118 Å². The third-order valence-corrected chi connectivity index (χ3v) is 3.65. The number of benzene rings is 1. The van der Waals surface area contributed by atoms with Crippen LogP contribution in [0.1, 0.15) is 45.2 Å². The summed E-state index contributed by atoms with van der Waals surface area (Å²) in [6.07, 6.45) is 2.34. The van der Waals surface area contributed by atoms with Gasteiger partial charge in [-0.05, 0) is 49.1 Å². The average molecular weight is 319 g/mol. The van der Waals surface area contributed by atoms with Gasteiger partial charge in [0.2, 0.25) is 0 Å². The van der Waals surface area contributed by atoms with Crippen LogP contribution < -0.4 is 5.32 Å². The third kappa shape index (κ3) is 4.99. The zero-order chi connectivity index (χ0) is 12.8. The Balaban J connectivity index is 2.84. The van der Waals surface area contributed by atoms with E-state index >= 15 is 0 Å². The van der Waals surface area contributed by atoms with Crippen molar-refractivity contribution in [1.29, 1.82) is 0 Å². The van der Waals surface area contributed by atoms with Crippen LogP contribution in [0.4, 0.5) is 0 Å². The van der Waals surface area contributed by atoms with E-state index in [1.807, 2.05) is 12.1 Å². The topological polar surface area (TPSA) is 12.0 Å². The van der Waals surface area contributed by atoms with Crippen LogP contribution in [0.15, 0.2) is 22.7 Å². The smallest absolute Gasteiger partial charge is 0.0454 e. The molecule has 0 aliphatic rings. The molecule has 0 spiro atoms. The monoisotopic (exact) mass is 317 g/mol. The first-order chi connectivity index (χ1) is 8.04. The molecule has 1 nitrogen and oxygen atoms in total. The molecule has 0 bridgehead atoms. The van der Waals surface area contributed by atoms with Gasteiger partial charge in [-0.15, -0.1) is 0 Å². The molecule has 0 saturated carbocycles. The zero-order valence-electron chi connectivity index (χ0n) is 10.8. The molecule has 1 atom stereocenters. The van der Waals surface area contributed by atoms with E-state index in [1.54, 1.807) is 0 Å². The van der Waals surface area contributed by atoms with Crippen LogP contribution in [0, 0.1) is 5.92 Å². The summed E-state index contributed by atoms with van der Waals surface area (Å²) >= 11 is 9.79. The first-order valence-electron chi connectivity index (χ1n) is 6.23. The van der Waals surface area contributed by atoms with E-state index in [0.29, 0.717) is 6.04 Å². The van der Waals surface area contributed by atoms with E-state index < -0.39 is 0 Å². The lowest BCUT2D eigenvalue weighted by atomic mass is 9.97. The standard InChI is InChI=1S/C14H21BrClN/c1-4-17-14(8-5-10(2)3)12-9-11(15)6-7-13(12)16/h6-7,9-10,14,17H,4-5,8H2,1-3H3. The summed E-state index contributed by atoms with van der Waals surface area (Å²) < 4.78 is 1.09. The predicted molar refractivity (Wildman–Crippen MR) is 79.6 cm³/mol. The minimum Gasteiger partial charge on any atom is -0.310 e. The summed E-state index contributed by atoms with van der Waals surface area (Å²) in [6.45, 7) is 7.61. The van der Waals surface area contributed by atoms with Crippen LogP contribution in [0.2, 0.25) is 5.02 Å². The van der Waals surface area contributed by atoms with Crippen molar-refractivity contribution in [1.82, 2.24) is 5.32 Å². The van der Waals surface area contributed by atoms with Gasteiger partial charge in [-0.1, -0.05) is 48.3 Å². The van der Waals surface area contributed by atoms with Crippen LogP contribution in [0.3, 0.4) is 0 Å². The van der Waals surface area contributed by atoms with Crippen molar-refractivity contribution >= 4 is 27.5 Å². The summed E-state index contributed by atoms with van der Waals surface area (Å²) in [5, 5.41) is 4.37. The van der Waals surface area contributed by atoms with Gasteiger partial charge in [0, 0.05) is 15.5 Å². The molecule has 1 aromatic carbocycles. The molecule has 96 valence electrons. The highest BCUT2D eigenvalue weighted by molar-refractivity contribution is 9.10. The normalized spacial score (nSPS) is 13.1. The van der Waals surface area contributed by atoms with E-state index in [9.17, 15) is 0 Å². The maximum absolute atomic E-state index is 6.28. The molecule has 17 heavy (non-hydrogen) atoms. The van der Waals surface area contributed by atoms with Crippen molar-refractivity contribution in [2.45, 2.75) is 39.7 Å². The lowest BCUT2D eigenvalue weighted by molar-refractivity contribution is 0.448. The number of rotatable bonds is 6. The first kappa shape index (κ1) is 15.0. The molecule has 0 radical (unpaired) electrons. The lowest BCUT2D eigenvalue weighted by Crippen LogP contribution is -2.21. The third-order valence-electron chi connectivity index (χ3n) is 2.82. The van der Waals surface area contributed by atoms with Gasteiger partial charge in [0.15, 0.2) is 0 Å². The molecule has 0 aliphatic heterocycles. The van der Waals surface area contributed by atoms with Gasteiger partial charge >= 0.3 is 0 Å². The molecular weight excluding hydrogens is 298 g/mol. The molecule has 0 aliphatic carbocycles. The van der Waals surface area contributed by atoms with E-state index in [-0.39, 0.29) is 0 Å². The van der Waals surface area contributed by atoms with E-state index in [0.717, 1.165) is 28.4 Å². The Hall–Kier alpha value is -0.0500. The molecule has 0 aromatic heterocycles. The molecule has 0 saturated heterocycles. The number of nitrogens with one attached hydrogen (secondary N) is 1. The Bertz CT molecular complexity index is 352. The fourth-order valence-electron chi connectivity index (χ4n) is 1.90. The molecule has 0 heterocycles. The maximum Gasteiger partial charge on any atom is 0.0454 e. The Kier molecular flexibility index (Phi) is 6.53. The van der Waals surface area contributed by atoms with E-state index in [4.69, 9.17) is 11.6 Å². The largest absolute Gasteiger partial charge is 0.310 e. The second kappa shape index (κ2) is 7.40. The second-order valence-corrected chi connectivity index (χ2v) is 6.07. The van der Waals surface area contributed by atoms with Gasteiger partial charge in [0.1, 0.15) is 0 Å². The van der Waals surface area contributed by atoms with Crippen molar-refractivity contribution in [3.8, 4) is 0 Å². The van der Waals surface area contributed by atoms with E-state index in [1.165, 1.54) is 12.0 Å². The van der Waals surface area contributed by atoms with Gasteiger partial charge in [0.05, 0.1) is 0 Å². The van der Waals surface area contributed by atoms with Crippen LogP contribution in [-0.4, -0.2) is 6.54 Å². The van der Waals surface area contributed by atoms with Crippen molar-refractivity contribution in [3.05, 3.63) is 33.3 Å². The SMILES string of the molecule is CCNC(CCC(C)C)c1cc(Br)ccc1Cl. The summed E-state index contributed by atoms with van der Waals surface area (Å²) in [5.74, 6) is 0.724. The van der Waals surface area contributed by atoms with Crippen molar-refractivity contribution in [3.63, 3.8) is 0 Å². The predicted octanol–water partition coefficient (Wildman–Crippen LogP) is 5.19. The quantitative estimate of drug-likeness (QED) is 0.761. The minimum atomic E-state index is 0.354. The molecule has 0 amide bonds. The highest BCUT2D eigenvalue weighted by Gasteiger charge is 2.14. The molecule has 0 fully saturated rings. The summed E-state index contributed by atoms with van der Waals surface area (Å²) in [7, 11) is 0. The van der Waals surface area contributed by atoms with Crippen LogP contribution in [-0.2, 0) is 0 Å². The fraction of sp³-hybridized carbons (Fsp3) is 0.571. The fourth-order valence-corrected chi connectivity index (χ4v) is 2.52. The van der Waals surface area contributed by atoms with Crippen LogP contribution in [0.5, 0.6) is 0 Å². The molecule has 1 N–H and O–H groups in total. The first-order valence-corrected chi connectivity index (χ1v) is 7.40.